The second kappa shape index (κ2) is 3.95. The predicted octanol–water partition coefficient (Wildman–Crippen LogP) is 1.87. The largest absolute Gasteiger partial charge is 0.324 e. The molecule has 2 unspecified atom stereocenters. The first-order chi connectivity index (χ1) is 7.06. The van der Waals surface area contributed by atoms with Gasteiger partial charge in [0.2, 0.25) is 0 Å². The first-order valence-electron chi connectivity index (χ1n) is 5.63. The summed E-state index contributed by atoms with van der Waals surface area (Å²) < 4.78 is 0. The molecule has 82 valence electrons. The fraction of sp³-hybridized carbons (Fsp3) is 0.538. The van der Waals surface area contributed by atoms with Gasteiger partial charge in [0.05, 0.1) is 0 Å². The Labute approximate surface area is 91.9 Å². The van der Waals surface area contributed by atoms with Gasteiger partial charge in [-0.25, -0.2) is 0 Å². The summed E-state index contributed by atoms with van der Waals surface area (Å²) in [6.45, 7) is 5.00. The van der Waals surface area contributed by atoms with E-state index in [9.17, 15) is 0 Å². The second-order valence-electron chi connectivity index (χ2n) is 5.23. The molecule has 0 spiro atoms. The Kier molecular flexibility index (Phi) is 2.81. The van der Waals surface area contributed by atoms with E-state index >= 15 is 0 Å². The highest BCUT2D eigenvalue weighted by Gasteiger charge is 2.38. The topological polar surface area (TPSA) is 38.0 Å². The Bertz CT molecular complexity index is 313. The second-order valence-corrected chi connectivity index (χ2v) is 5.23. The number of benzene rings is 1. The van der Waals surface area contributed by atoms with Gasteiger partial charge in [0.15, 0.2) is 0 Å². The third kappa shape index (κ3) is 3.05. The van der Waals surface area contributed by atoms with Crippen molar-refractivity contribution in [2.45, 2.75) is 37.8 Å². The molecule has 2 heteroatoms. The Morgan fingerprint density at radius 2 is 2.00 bits per heavy atom. The third-order valence-electron chi connectivity index (χ3n) is 2.84. The molecule has 0 aliphatic heterocycles. The van der Waals surface area contributed by atoms with E-state index in [4.69, 9.17) is 5.73 Å². The smallest absolute Gasteiger partial charge is 0.0223 e. The highest BCUT2D eigenvalue weighted by molar-refractivity contribution is 5.27. The minimum absolute atomic E-state index is 0.107. The summed E-state index contributed by atoms with van der Waals surface area (Å²) >= 11 is 0. The SMILES string of the molecule is CC(C)(N)CNC1CC1c1ccccc1. The van der Waals surface area contributed by atoms with Crippen LogP contribution in [0.4, 0.5) is 0 Å². The lowest BCUT2D eigenvalue weighted by atomic mass is 10.1. The van der Waals surface area contributed by atoms with Crippen molar-refractivity contribution in [1.82, 2.24) is 5.32 Å². The summed E-state index contributed by atoms with van der Waals surface area (Å²) in [7, 11) is 0. The zero-order valence-corrected chi connectivity index (χ0v) is 9.53. The van der Waals surface area contributed by atoms with Crippen molar-refractivity contribution in [3.8, 4) is 0 Å². The molecule has 1 aliphatic rings. The fourth-order valence-corrected chi connectivity index (χ4v) is 1.88. The summed E-state index contributed by atoms with van der Waals surface area (Å²) in [6.07, 6.45) is 1.25. The van der Waals surface area contributed by atoms with Gasteiger partial charge in [-0.3, -0.25) is 0 Å². The molecule has 15 heavy (non-hydrogen) atoms. The molecule has 1 saturated carbocycles. The number of hydrogen-bond donors (Lipinski definition) is 2. The van der Waals surface area contributed by atoms with Crippen LogP contribution >= 0.6 is 0 Å². The van der Waals surface area contributed by atoms with E-state index in [1.807, 2.05) is 0 Å². The Morgan fingerprint density at radius 3 is 2.60 bits per heavy atom. The minimum Gasteiger partial charge on any atom is -0.324 e. The number of nitrogens with one attached hydrogen (secondary N) is 1. The molecule has 2 rings (SSSR count). The van der Waals surface area contributed by atoms with E-state index in [1.54, 1.807) is 0 Å². The van der Waals surface area contributed by atoms with Crippen molar-refractivity contribution in [2.24, 2.45) is 5.73 Å². The van der Waals surface area contributed by atoms with Crippen LogP contribution in [0.1, 0.15) is 31.7 Å². The van der Waals surface area contributed by atoms with Crippen molar-refractivity contribution < 1.29 is 0 Å². The Hall–Kier alpha value is -0.860. The van der Waals surface area contributed by atoms with Gasteiger partial charge in [-0.15, -0.1) is 0 Å². The molecule has 1 aromatic rings. The maximum absolute atomic E-state index is 5.93. The van der Waals surface area contributed by atoms with Crippen molar-refractivity contribution in [1.29, 1.82) is 0 Å². The van der Waals surface area contributed by atoms with Crippen LogP contribution < -0.4 is 11.1 Å². The Morgan fingerprint density at radius 1 is 1.33 bits per heavy atom. The average molecular weight is 204 g/mol. The number of nitrogens with two attached hydrogens (primary N) is 1. The van der Waals surface area contributed by atoms with Gasteiger partial charge in [0.1, 0.15) is 0 Å². The normalized spacial score (nSPS) is 25.3. The maximum atomic E-state index is 5.93. The van der Waals surface area contributed by atoms with E-state index in [0.29, 0.717) is 12.0 Å². The van der Waals surface area contributed by atoms with E-state index in [2.05, 4.69) is 49.5 Å². The van der Waals surface area contributed by atoms with Gasteiger partial charge in [-0.05, 0) is 25.8 Å². The highest BCUT2D eigenvalue weighted by atomic mass is 15.0. The van der Waals surface area contributed by atoms with E-state index < -0.39 is 0 Å². The van der Waals surface area contributed by atoms with Crippen LogP contribution in [0.5, 0.6) is 0 Å². The molecule has 0 heterocycles. The van der Waals surface area contributed by atoms with Gasteiger partial charge in [-0.2, -0.15) is 0 Å². The average Bonchev–Trinajstić information content (AvgIpc) is 2.94. The van der Waals surface area contributed by atoms with Crippen molar-refractivity contribution in [3.63, 3.8) is 0 Å². The first kappa shape index (κ1) is 10.7. The number of rotatable bonds is 4. The summed E-state index contributed by atoms with van der Waals surface area (Å²) in [5.41, 5.74) is 7.27. The summed E-state index contributed by atoms with van der Waals surface area (Å²) in [6, 6.07) is 11.3. The monoisotopic (exact) mass is 204 g/mol. The lowest BCUT2D eigenvalue weighted by Gasteiger charge is -2.19. The lowest BCUT2D eigenvalue weighted by Crippen LogP contribution is -2.44. The fourth-order valence-electron chi connectivity index (χ4n) is 1.88. The van der Waals surface area contributed by atoms with E-state index in [1.165, 1.54) is 12.0 Å². The minimum atomic E-state index is -0.107. The van der Waals surface area contributed by atoms with Crippen LogP contribution in [0.3, 0.4) is 0 Å². The highest BCUT2D eigenvalue weighted by Crippen LogP contribution is 2.40. The molecule has 1 aliphatic carbocycles. The molecule has 0 aromatic heterocycles. The first-order valence-corrected chi connectivity index (χ1v) is 5.63. The van der Waals surface area contributed by atoms with E-state index in [0.717, 1.165) is 6.54 Å². The molecule has 3 N–H and O–H groups in total. The molecular weight excluding hydrogens is 184 g/mol. The zero-order valence-electron chi connectivity index (χ0n) is 9.53. The molecular formula is C13H20N2. The Balaban J connectivity index is 1.82. The molecule has 0 saturated heterocycles. The van der Waals surface area contributed by atoms with Crippen LogP contribution in [0.25, 0.3) is 0 Å². The molecule has 0 amide bonds. The van der Waals surface area contributed by atoms with Crippen LogP contribution in [0.2, 0.25) is 0 Å². The van der Waals surface area contributed by atoms with Crippen LogP contribution in [0, 0.1) is 0 Å². The quantitative estimate of drug-likeness (QED) is 0.785. The standard InChI is InChI=1S/C13H20N2/c1-13(2,14)9-15-12-8-11(12)10-6-4-3-5-7-10/h3-7,11-12,15H,8-9,14H2,1-2H3. The zero-order chi connectivity index (χ0) is 10.9. The van der Waals surface area contributed by atoms with Gasteiger partial charge >= 0.3 is 0 Å². The maximum Gasteiger partial charge on any atom is 0.0223 e. The van der Waals surface area contributed by atoms with E-state index in [-0.39, 0.29) is 5.54 Å². The summed E-state index contributed by atoms with van der Waals surface area (Å²) in [4.78, 5) is 0. The van der Waals surface area contributed by atoms with Crippen molar-refractivity contribution in [2.75, 3.05) is 6.54 Å². The van der Waals surface area contributed by atoms with Crippen molar-refractivity contribution in [3.05, 3.63) is 35.9 Å². The van der Waals surface area contributed by atoms with Crippen LogP contribution in [0.15, 0.2) is 30.3 Å². The van der Waals surface area contributed by atoms with Crippen LogP contribution in [-0.2, 0) is 0 Å². The molecule has 0 radical (unpaired) electrons. The lowest BCUT2D eigenvalue weighted by molar-refractivity contribution is 0.463. The third-order valence-corrected chi connectivity index (χ3v) is 2.84. The summed E-state index contributed by atoms with van der Waals surface area (Å²) in [5, 5.41) is 3.52. The molecule has 2 atom stereocenters. The van der Waals surface area contributed by atoms with Crippen LogP contribution in [-0.4, -0.2) is 18.1 Å². The molecule has 0 bridgehead atoms. The predicted molar refractivity (Wildman–Crippen MR) is 63.9 cm³/mol. The van der Waals surface area contributed by atoms with Gasteiger partial charge in [-0.1, -0.05) is 30.3 Å². The summed E-state index contributed by atoms with van der Waals surface area (Å²) in [5.74, 6) is 0.702. The van der Waals surface area contributed by atoms with Gasteiger partial charge < -0.3 is 11.1 Å². The number of hydrogen-bond acceptors (Lipinski definition) is 2. The van der Waals surface area contributed by atoms with Crippen molar-refractivity contribution >= 4 is 0 Å². The molecule has 2 nitrogen and oxygen atoms in total. The molecule has 1 aromatic carbocycles. The van der Waals surface area contributed by atoms with Gasteiger partial charge in [0.25, 0.3) is 0 Å². The molecule has 1 fully saturated rings. The van der Waals surface area contributed by atoms with Gasteiger partial charge in [0, 0.05) is 24.0 Å².